The predicted octanol–water partition coefficient (Wildman–Crippen LogP) is 1.68. The predicted molar refractivity (Wildman–Crippen MR) is 88.0 cm³/mol. The van der Waals surface area contributed by atoms with Gasteiger partial charge in [0.25, 0.3) is 5.91 Å². The number of carbonyl (C=O) groups is 1. The van der Waals surface area contributed by atoms with Crippen LogP contribution >= 0.6 is 0 Å². The monoisotopic (exact) mass is 353 g/mol. The lowest BCUT2D eigenvalue weighted by Gasteiger charge is -2.35. The lowest BCUT2D eigenvalue weighted by Crippen LogP contribution is -2.48. The minimum absolute atomic E-state index is 0.0874. The summed E-state index contributed by atoms with van der Waals surface area (Å²) in [6, 6.07) is -0.366. The van der Waals surface area contributed by atoms with E-state index in [1.54, 1.807) is 11.8 Å². The number of amides is 1. The van der Waals surface area contributed by atoms with Crippen LogP contribution in [0.4, 0.5) is 0 Å². The van der Waals surface area contributed by atoms with Crippen LogP contribution in [0.1, 0.15) is 57.4 Å². The summed E-state index contributed by atoms with van der Waals surface area (Å²) in [7, 11) is 0. The van der Waals surface area contributed by atoms with Crippen molar-refractivity contribution in [1.82, 2.24) is 15.1 Å². The molecule has 0 N–H and O–H groups in total. The van der Waals surface area contributed by atoms with Crippen molar-refractivity contribution in [2.24, 2.45) is 0 Å². The van der Waals surface area contributed by atoms with Crippen molar-refractivity contribution in [3.05, 3.63) is 11.8 Å². The smallest absolute Gasteiger partial charge is 0.252 e. The van der Waals surface area contributed by atoms with Crippen molar-refractivity contribution in [3.8, 4) is 0 Å². The zero-order chi connectivity index (χ0) is 17.8. The second-order valence-electron chi connectivity index (χ2n) is 6.87. The van der Waals surface area contributed by atoms with Gasteiger partial charge in [0.05, 0.1) is 25.9 Å². The standard InChI is InChI=1S/C17H27N3O5/c1-11(2)15-18-19-16(25-15)14-10-22-8-6-20(14)17(21)12(3)24-9-13-5-4-7-23-13/h11-14H,4-10H2,1-3H3/t12-,13+,14-/m0/s1. The van der Waals surface area contributed by atoms with Crippen LogP contribution in [0.25, 0.3) is 0 Å². The average molecular weight is 353 g/mol. The number of aromatic nitrogens is 2. The molecule has 0 spiro atoms. The summed E-state index contributed by atoms with van der Waals surface area (Å²) in [5, 5.41) is 8.17. The van der Waals surface area contributed by atoms with Gasteiger partial charge < -0.3 is 23.5 Å². The quantitative estimate of drug-likeness (QED) is 0.769. The fourth-order valence-electron chi connectivity index (χ4n) is 3.02. The molecule has 2 aliphatic heterocycles. The van der Waals surface area contributed by atoms with E-state index < -0.39 is 6.10 Å². The first kappa shape index (κ1) is 18.3. The van der Waals surface area contributed by atoms with Gasteiger partial charge in [-0.05, 0) is 19.8 Å². The molecule has 2 aliphatic rings. The summed E-state index contributed by atoms with van der Waals surface area (Å²) < 4.78 is 22.5. The SMILES string of the molecule is CC(C)c1nnc([C@@H]2COCCN2C(=O)[C@H](C)OC[C@H]2CCCO2)o1. The first-order valence-corrected chi connectivity index (χ1v) is 9.01. The first-order valence-electron chi connectivity index (χ1n) is 9.01. The first-order chi connectivity index (χ1) is 12.1. The number of hydrogen-bond acceptors (Lipinski definition) is 7. The summed E-state index contributed by atoms with van der Waals surface area (Å²) in [4.78, 5) is 14.6. The Bertz CT molecular complexity index is 570. The maximum absolute atomic E-state index is 12.8. The summed E-state index contributed by atoms with van der Waals surface area (Å²) in [5.41, 5.74) is 0. The highest BCUT2D eigenvalue weighted by molar-refractivity contribution is 5.81. The van der Waals surface area contributed by atoms with Crippen LogP contribution < -0.4 is 0 Å². The minimum atomic E-state index is -0.544. The number of hydrogen-bond donors (Lipinski definition) is 0. The van der Waals surface area contributed by atoms with E-state index in [-0.39, 0.29) is 24.0 Å². The largest absolute Gasteiger partial charge is 0.423 e. The molecule has 3 atom stereocenters. The fraction of sp³-hybridized carbons (Fsp3) is 0.824. The van der Waals surface area contributed by atoms with Crippen molar-refractivity contribution in [1.29, 1.82) is 0 Å². The zero-order valence-electron chi connectivity index (χ0n) is 15.1. The lowest BCUT2D eigenvalue weighted by atomic mass is 10.2. The van der Waals surface area contributed by atoms with E-state index in [1.807, 2.05) is 13.8 Å². The van der Waals surface area contributed by atoms with E-state index in [9.17, 15) is 4.79 Å². The van der Waals surface area contributed by atoms with Crippen LogP contribution in [0.15, 0.2) is 4.42 Å². The molecular weight excluding hydrogens is 326 g/mol. The molecule has 0 saturated carbocycles. The maximum Gasteiger partial charge on any atom is 0.252 e. The Labute approximate surface area is 147 Å². The zero-order valence-corrected chi connectivity index (χ0v) is 15.1. The molecule has 25 heavy (non-hydrogen) atoms. The number of morpholine rings is 1. The van der Waals surface area contributed by atoms with Crippen molar-refractivity contribution in [2.45, 2.75) is 57.8 Å². The normalized spacial score (nSPS) is 25.5. The minimum Gasteiger partial charge on any atom is -0.423 e. The molecule has 2 fully saturated rings. The van der Waals surface area contributed by atoms with Gasteiger partial charge in [-0.1, -0.05) is 13.8 Å². The van der Waals surface area contributed by atoms with Crippen LogP contribution in [0.3, 0.4) is 0 Å². The van der Waals surface area contributed by atoms with Gasteiger partial charge in [0.1, 0.15) is 12.1 Å². The van der Waals surface area contributed by atoms with Gasteiger partial charge in [-0.25, -0.2) is 0 Å². The highest BCUT2D eigenvalue weighted by atomic mass is 16.5. The molecule has 0 unspecified atom stereocenters. The highest BCUT2D eigenvalue weighted by Crippen LogP contribution is 2.26. The molecule has 8 nitrogen and oxygen atoms in total. The molecule has 8 heteroatoms. The van der Waals surface area contributed by atoms with E-state index in [1.165, 1.54) is 0 Å². The fourth-order valence-corrected chi connectivity index (χ4v) is 3.02. The number of carbonyl (C=O) groups excluding carboxylic acids is 1. The van der Waals surface area contributed by atoms with Crippen molar-refractivity contribution >= 4 is 5.91 Å². The molecule has 1 aromatic rings. The van der Waals surface area contributed by atoms with Gasteiger partial charge in [0, 0.05) is 19.1 Å². The van der Waals surface area contributed by atoms with Gasteiger partial charge in [-0.3, -0.25) is 4.79 Å². The second-order valence-corrected chi connectivity index (χ2v) is 6.87. The maximum atomic E-state index is 12.8. The summed E-state index contributed by atoms with van der Waals surface area (Å²) >= 11 is 0. The van der Waals surface area contributed by atoms with Gasteiger partial charge >= 0.3 is 0 Å². The Morgan fingerprint density at radius 2 is 2.16 bits per heavy atom. The van der Waals surface area contributed by atoms with E-state index >= 15 is 0 Å². The van der Waals surface area contributed by atoms with Crippen LogP contribution in [0.2, 0.25) is 0 Å². The Balaban J connectivity index is 1.63. The molecule has 0 aliphatic carbocycles. The molecule has 0 radical (unpaired) electrons. The summed E-state index contributed by atoms with van der Waals surface area (Å²) in [6.07, 6.45) is 1.59. The van der Waals surface area contributed by atoms with Crippen LogP contribution in [-0.4, -0.2) is 66.2 Å². The lowest BCUT2D eigenvalue weighted by molar-refractivity contribution is -0.154. The second kappa shape index (κ2) is 8.25. The van der Waals surface area contributed by atoms with E-state index in [4.69, 9.17) is 18.6 Å². The third kappa shape index (κ3) is 4.37. The Morgan fingerprint density at radius 1 is 1.32 bits per heavy atom. The highest BCUT2D eigenvalue weighted by Gasteiger charge is 2.35. The average Bonchev–Trinajstić information content (AvgIpc) is 3.30. The molecule has 140 valence electrons. The van der Waals surface area contributed by atoms with E-state index in [2.05, 4.69) is 10.2 Å². The number of nitrogens with zero attached hydrogens (tertiary/aromatic N) is 3. The Morgan fingerprint density at radius 3 is 2.84 bits per heavy atom. The molecule has 1 amide bonds. The Kier molecular flexibility index (Phi) is 6.03. The van der Waals surface area contributed by atoms with Crippen LogP contribution in [0.5, 0.6) is 0 Å². The Hall–Kier alpha value is -1.51. The van der Waals surface area contributed by atoms with Crippen molar-refractivity contribution in [2.75, 3.05) is 33.0 Å². The molecule has 0 bridgehead atoms. The number of rotatable bonds is 6. The number of ether oxygens (including phenoxy) is 3. The van der Waals surface area contributed by atoms with Gasteiger partial charge in [0.2, 0.25) is 11.8 Å². The van der Waals surface area contributed by atoms with Crippen LogP contribution in [-0.2, 0) is 19.0 Å². The van der Waals surface area contributed by atoms with Crippen molar-refractivity contribution < 1.29 is 23.4 Å². The molecule has 0 aromatic carbocycles. The van der Waals surface area contributed by atoms with Gasteiger partial charge in [-0.2, -0.15) is 0 Å². The molecule has 3 rings (SSSR count). The third-order valence-electron chi connectivity index (χ3n) is 4.55. The molecule has 2 saturated heterocycles. The topological polar surface area (TPSA) is 86.9 Å². The molecule has 1 aromatic heterocycles. The van der Waals surface area contributed by atoms with E-state index in [0.29, 0.717) is 38.1 Å². The van der Waals surface area contributed by atoms with Gasteiger partial charge in [0.15, 0.2) is 0 Å². The summed E-state index contributed by atoms with van der Waals surface area (Å²) in [5.74, 6) is 1.04. The van der Waals surface area contributed by atoms with E-state index in [0.717, 1.165) is 19.4 Å². The van der Waals surface area contributed by atoms with Gasteiger partial charge in [-0.15, -0.1) is 10.2 Å². The summed E-state index contributed by atoms with van der Waals surface area (Å²) in [6.45, 7) is 8.29. The van der Waals surface area contributed by atoms with Crippen molar-refractivity contribution in [3.63, 3.8) is 0 Å². The molecular formula is C17H27N3O5. The third-order valence-corrected chi connectivity index (χ3v) is 4.55. The molecule has 3 heterocycles. The van der Waals surface area contributed by atoms with Crippen LogP contribution in [0, 0.1) is 0 Å².